The third-order valence-corrected chi connectivity index (χ3v) is 3.65. The summed E-state index contributed by atoms with van der Waals surface area (Å²) in [4.78, 5) is 24.8. The standard InChI is InChI=1S/C16H22FNO5/c1-16(2,15(20)21)18(3)14(19)11-5-6-13(17)12(9-11)10-23-8-7-22-4/h5-6,9H,7-8,10H2,1-4H3,(H,20,21). The number of benzene rings is 1. The number of likely N-dealkylation sites (N-methyl/N-ethyl adjacent to an activating group) is 1. The third kappa shape index (κ3) is 4.74. The zero-order chi connectivity index (χ0) is 17.6. The fraction of sp³-hybridized carbons (Fsp3) is 0.500. The quantitative estimate of drug-likeness (QED) is 0.738. The van der Waals surface area contributed by atoms with E-state index in [2.05, 4.69) is 0 Å². The maximum Gasteiger partial charge on any atom is 0.329 e. The molecule has 7 heteroatoms. The van der Waals surface area contributed by atoms with E-state index in [0.29, 0.717) is 13.2 Å². The summed E-state index contributed by atoms with van der Waals surface area (Å²) >= 11 is 0. The number of hydrogen-bond acceptors (Lipinski definition) is 4. The lowest BCUT2D eigenvalue weighted by Crippen LogP contribution is -2.50. The lowest BCUT2D eigenvalue weighted by molar-refractivity contribution is -0.147. The summed E-state index contributed by atoms with van der Waals surface area (Å²) in [6, 6.07) is 3.87. The number of carbonyl (C=O) groups is 2. The Kier molecular flexibility index (Phi) is 6.65. The van der Waals surface area contributed by atoms with E-state index in [1.165, 1.54) is 46.2 Å². The second-order valence-electron chi connectivity index (χ2n) is 5.58. The molecule has 1 aromatic carbocycles. The van der Waals surface area contributed by atoms with Crippen LogP contribution in [0.15, 0.2) is 18.2 Å². The minimum absolute atomic E-state index is 0.00233. The van der Waals surface area contributed by atoms with Gasteiger partial charge in [-0.25, -0.2) is 9.18 Å². The van der Waals surface area contributed by atoms with Crippen molar-refractivity contribution in [3.05, 3.63) is 35.1 Å². The Hall–Kier alpha value is -1.99. The molecule has 0 aromatic heterocycles. The summed E-state index contributed by atoms with van der Waals surface area (Å²) in [5, 5.41) is 9.19. The SMILES string of the molecule is COCCOCc1cc(C(=O)N(C)C(C)(C)C(=O)O)ccc1F. The van der Waals surface area contributed by atoms with Crippen molar-refractivity contribution in [2.75, 3.05) is 27.4 Å². The Bertz CT molecular complexity index is 574. The molecular formula is C16H22FNO5. The number of amides is 1. The Morgan fingerprint density at radius 3 is 2.52 bits per heavy atom. The van der Waals surface area contributed by atoms with Crippen LogP contribution in [0.2, 0.25) is 0 Å². The molecule has 6 nitrogen and oxygen atoms in total. The van der Waals surface area contributed by atoms with Gasteiger partial charge in [0.25, 0.3) is 5.91 Å². The van der Waals surface area contributed by atoms with Gasteiger partial charge in [0.05, 0.1) is 19.8 Å². The maximum absolute atomic E-state index is 13.8. The van der Waals surface area contributed by atoms with Gasteiger partial charge in [-0.2, -0.15) is 0 Å². The molecule has 0 spiro atoms. The molecular weight excluding hydrogens is 305 g/mol. The van der Waals surface area contributed by atoms with Crippen LogP contribution in [0.25, 0.3) is 0 Å². The number of rotatable bonds is 8. The van der Waals surface area contributed by atoms with Crippen molar-refractivity contribution in [3.8, 4) is 0 Å². The predicted octanol–water partition coefficient (Wildman–Crippen LogP) is 1.92. The molecule has 23 heavy (non-hydrogen) atoms. The second-order valence-corrected chi connectivity index (χ2v) is 5.58. The lowest BCUT2D eigenvalue weighted by Gasteiger charge is -2.31. The third-order valence-electron chi connectivity index (χ3n) is 3.65. The molecule has 128 valence electrons. The van der Waals surface area contributed by atoms with Gasteiger partial charge in [0, 0.05) is 25.3 Å². The fourth-order valence-corrected chi connectivity index (χ4v) is 1.73. The van der Waals surface area contributed by atoms with Crippen molar-refractivity contribution >= 4 is 11.9 Å². The molecule has 0 aliphatic heterocycles. The average molecular weight is 327 g/mol. The molecule has 0 unspecified atom stereocenters. The van der Waals surface area contributed by atoms with Crippen LogP contribution in [0.5, 0.6) is 0 Å². The summed E-state index contributed by atoms with van der Waals surface area (Å²) in [5.74, 6) is -2.12. The second kappa shape index (κ2) is 8.03. The van der Waals surface area contributed by atoms with Gasteiger partial charge in [-0.15, -0.1) is 0 Å². The van der Waals surface area contributed by atoms with Gasteiger partial charge in [-0.1, -0.05) is 0 Å². The number of hydrogen-bond donors (Lipinski definition) is 1. The Labute approximate surface area is 134 Å². The van der Waals surface area contributed by atoms with E-state index in [9.17, 15) is 19.1 Å². The van der Waals surface area contributed by atoms with Crippen LogP contribution in [0.3, 0.4) is 0 Å². The molecule has 0 fully saturated rings. The molecule has 1 N–H and O–H groups in total. The summed E-state index contributed by atoms with van der Waals surface area (Å²) in [6.07, 6.45) is 0. The van der Waals surface area contributed by atoms with Gasteiger partial charge in [0.1, 0.15) is 11.4 Å². The first-order valence-electron chi connectivity index (χ1n) is 7.08. The largest absolute Gasteiger partial charge is 0.480 e. The van der Waals surface area contributed by atoms with Crippen LogP contribution >= 0.6 is 0 Å². The summed E-state index contributed by atoms with van der Waals surface area (Å²) in [7, 11) is 2.93. The summed E-state index contributed by atoms with van der Waals surface area (Å²) in [6.45, 7) is 3.54. The van der Waals surface area contributed by atoms with Gasteiger partial charge in [0.15, 0.2) is 0 Å². The van der Waals surface area contributed by atoms with Crippen LogP contribution in [0.4, 0.5) is 4.39 Å². The first-order valence-corrected chi connectivity index (χ1v) is 7.08. The molecule has 0 saturated carbocycles. The molecule has 0 aliphatic rings. The van der Waals surface area contributed by atoms with Gasteiger partial charge in [0.2, 0.25) is 0 Å². The number of nitrogens with zero attached hydrogens (tertiary/aromatic N) is 1. The van der Waals surface area contributed by atoms with Crippen LogP contribution in [-0.4, -0.2) is 54.8 Å². The molecule has 0 atom stereocenters. The van der Waals surface area contributed by atoms with Crippen LogP contribution in [-0.2, 0) is 20.9 Å². The van der Waals surface area contributed by atoms with Crippen molar-refractivity contribution in [1.82, 2.24) is 4.90 Å². The maximum atomic E-state index is 13.8. The molecule has 0 heterocycles. The summed E-state index contributed by atoms with van der Waals surface area (Å²) < 4.78 is 23.9. The Balaban J connectivity index is 2.92. The zero-order valence-electron chi connectivity index (χ0n) is 13.8. The summed E-state index contributed by atoms with van der Waals surface area (Å²) in [5.41, 5.74) is -0.942. The van der Waals surface area contributed by atoms with Gasteiger partial charge in [-0.05, 0) is 32.0 Å². The number of ether oxygens (including phenoxy) is 2. The fourth-order valence-electron chi connectivity index (χ4n) is 1.73. The molecule has 1 rings (SSSR count). The first kappa shape index (κ1) is 19.1. The van der Waals surface area contributed by atoms with Crippen molar-refractivity contribution in [1.29, 1.82) is 0 Å². The highest BCUT2D eigenvalue weighted by Crippen LogP contribution is 2.19. The topological polar surface area (TPSA) is 76.1 Å². The first-order chi connectivity index (χ1) is 10.7. The van der Waals surface area contributed by atoms with E-state index in [-0.39, 0.29) is 17.7 Å². The van der Waals surface area contributed by atoms with Gasteiger partial charge in [-0.3, -0.25) is 4.79 Å². The molecule has 1 amide bonds. The minimum atomic E-state index is -1.37. The van der Waals surface area contributed by atoms with Crippen molar-refractivity contribution < 1.29 is 28.6 Å². The predicted molar refractivity (Wildman–Crippen MR) is 81.7 cm³/mol. The normalized spacial score (nSPS) is 11.3. The van der Waals surface area contributed by atoms with Crippen LogP contribution < -0.4 is 0 Å². The number of carboxylic acids is 1. The lowest BCUT2D eigenvalue weighted by atomic mass is 10.0. The average Bonchev–Trinajstić information content (AvgIpc) is 2.51. The Morgan fingerprint density at radius 2 is 1.96 bits per heavy atom. The van der Waals surface area contributed by atoms with Crippen molar-refractivity contribution in [2.24, 2.45) is 0 Å². The molecule has 0 aliphatic carbocycles. The molecule has 0 radical (unpaired) electrons. The minimum Gasteiger partial charge on any atom is -0.480 e. The van der Waals surface area contributed by atoms with Crippen molar-refractivity contribution in [2.45, 2.75) is 26.0 Å². The van der Waals surface area contributed by atoms with E-state index in [0.717, 1.165) is 4.90 Å². The number of methoxy groups -OCH3 is 1. The number of carboxylic acid groups (broad SMARTS) is 1. The zero-order valence-corrected chi connectivity index (χ0v) is 13.8. The van der Waals surface area contributed by atoms with Crippen molar-refractivity contribution in [3.63, 3.8) is 0 Å². The van der Waals surface area contributed by atoms with E-state index in [1.807, 2.05) is 0 Å². The van der Waals surface area contributed by atoms with E-state index in [4.69, 9.17) is 9.47 Å². The highest BCUT2D eigenvalue weighted by Gasteiger charge is 2.35. The highest BCUT2D eigenvalue weighted by molar-refractivity contribution is 5.97. The number of carbonyl (C=O) groups excluding carboxylic acids is 1. The van der Waals surface area contributed by atoms with Crippen LogP contribution in [0.1, 0.15) is 29.8 Å². The van der Waals surface area contributed by atoms with Gasteiger partial charge >= 0.3 is 5.97 Å². The highest BCUT2D eigenvalue weighted by atomic mass is 19.1. The molecule has 0 bridgehead atoms. The van der Waals surface area contributed by atoms with Crippen LogP contribution in [0, 0.1) is 5.82 Å². The molecule has 1 aromatic rings. The smallest absolute Gasteiger partial charge is 0.329 e. The monoisotopic (exact) mass is 327 g/mol. The van der Waals surface area contributed by atoms with E-state index < -0.39 is 23.2 Å². The molecule has 0 saturated heterocycles. The van der Waals surface area contributed by atoms with E-state index in [1.54, 1.807) is 0 Å². The van der Waals surface area contributed by atoms with Gasteiger partial charge < -0.3 is 19.5 Å². The Morgan fingerprint density at radius 1 is 1.30 bits per heavy atom. The number of halogens is 1. The van der Waals surface area contributed by atoms with E-state index >= 15 is 0 Å². The number of aliphatic carboxylic acids is 1.